The molecule has 0 saturated carbocycles. The van der Waals surface area contributed by atoms with Crippen molar-refractivity contribution in [2.75, 3.05) is 4.90 Å². The van der Waals surface area contributed by atoms with Crippen LogP contribution in [0.25, 0.3) is 54.3 Å². The van der Waals surface area contributed by atoms with Crippen LogP contribution in [0.4, 0.5) is 17.1 Å². The van der Waals surface area contributed by atoms with E-state index in [0.29, 0.717) is 0 Å². The SMILES string of the molecule is c1ccc2cc(N(c3ccc4ccccc4c3)c3ccc4ccc(-c5ccc6cccnc6c5)cc4c3)ccc2c1. The molecule has 0 N–H and O–H groups in total. The van der Waals surface area contributed by atoms with Crippen LogP contribution in [0.2, 0.25) is 0 Å². The van der Waals surface area contributed by atoms with E-state index in [1.54, 1.807) is 0 Å². The van der Waals surface area contributed by atoms with E-state index in [-0.39, 0.29) is 0 Å². The van der Waals surface area contributed by atoms with Gasteiger partial charge in [0, 0.05) is 28.6 Å². The summed E-state index contributed by atoms with van der Waals surface area (Å²) in [6.45, 7) is 0. The van der Waals surface area contributed by atoms with E-state index in [4.69, 9.17) is 0 Å². The first-order valence-corrected chi connectivity index (χ1v) is 14.0. The number of hydrogen-bond acceptors (Lipinski definition) is 2. The fourth-order valence-electron chi connectivity index (χ4n) is 5.88. The maximum atomic E-state index is 4.57. The van der Waals surface area contributed by atoms with E-state index in [0.717, 1.165) is 28.0 Å². The molecule has 2 heteroatoms. The first-order valence-electron chi connectivity index (χ1n) is 14.0. The second kappa shape index (κ2) is 9.62. The molecule has 0 unspecified atom stereocenters. The average molecular weight is 523 g/mol. The number of aromatic nitrogens is 1. The van der Waals surface area contributed by atoms with Gasteiger partial charge < -0.3 is 4.90 Å². The molecule has 1 heterocycles. The molecule has 0 fully saturated rings. The zero-order chi connectivity index (χ0) is 27.2. The average Bonchev–Trinajstić information content (AvgIpc) is 3.04. The minimum Gasteiger partial charge on any atom is -0.310 e. The molecule has 0 amide bonds. The summed E-state index contributed by atoms with van der Waals surface area (Å²) in [5, 5.41) is 8.50. The van der Waals surface area contributed by atoms with Gasteiger partial charge in [0.05, 0.1) is 5.52 Å². The molecule has 41 heavy (non-hydrogen) atoms. The van der Waals surface area contributed by atoms with E-state index in [9.17, 15) is 0 Å². The molecule has 0 radical (unpaired) electrons. The highest BCUT2D eigenvalue weighted by Gasteiger charge is 2.15. The van der Waals surface area contributed by atoms with Crippen molar-refractivity contribution in [3.63, 3.8) is 0 Å². The second-order valence-electron chi connectivity index (χ2n) is 10.6. The minimum atomic E-state index is 1.01. The highest BCUT2D eigenvalue weighted by Crippen LogP contribution is 2.39. The van der Waals surface area contributed by atoms with Crippen LogP contribution >= 0.6 is 0 Å². The third-order valence-corrected chi connectivity index (χ3v) is 8.00. The number of fused-ring (bicyclic) bond motifs is 4. The van der Waals surface area contributed by atoms with Gasteiger partial charge >= 0.3 is 0 Å². The largest absolute Gasteiger partial charge is 0.310 e. The first kappa shape index (κ1) is 23.4. The Morgan fingerprint density at radius 3 is 1.44 bits per heavy atom. The highest BCUT2D eigenvalue weighted by molar-refractivity contribution is 5.96. The van der Waals surface area contributed by atoms with Gasteiger partial charge in [0.15, 0.2) is 0 Å². The van der Waals surface area contributed by atoms with E-state index in [1.807, 2.05) is 12.3 Å². The first-order chi connectivity index (χ1) is 20.3. The maximum Gasteiger partial charge on any atom is 0.0708 e. The molecule has 0 spiro atoms. The third kappa shape index (κ3) is 4.27. The zero-order valence-electron chi connectivity index (χ0n) is 22.4. The van der Waals surface area contributed by atoms with Crippen molar-refractivity contribution < 1.29 is 0 Å². The number of nitrogens with zero attached hydrogens (tertiary/aromatic N) is 2. The van der Waals surface area contributed by atoms with Gasteiger partial charge in [-0.1, -0.05) is 97.1 Å². The molecule has 2 nitrogen and oxygen atoms in total. The summed E-state index contributed by atoms with van der Waals surface area (Å²) in [7, 11) is 0. The molecule has 0 saturated heterocycles. The molecule has 0 aliphatic rings. The maximum absolute atomic E-state index is 4.57. The van der Waals surface area contributed by atoms with Crippen molar-refractivity contribution in [2.45, 2.75) is 0 Å². The van der Waals surface area contributed by atoms with Gasteiger partial charge in [0.1, 0.15) is 0 Å². The van der Waals surface area contributed by atoms with Crippen LogP contribution in [-0.2, 0) is 0 Å². The monoisotopic (exact) mass is 522 g/mol. The van der Waals surface area contributed by atoms with Crippen LogP contribution in [-0.4, -0.2) is 4.98 Å². The lowest BCUT2D eigenvalue weighted by Gasteiger charge is -2.26. The predicted molar refractivity (Wildman–Crippen MR) is 174 cm³/mol. The minimum absolute atomic E-state index is 1.01. The van der Waals surface area contributed by atoms with Gasteiger partial charge in [-0.05, 0) is 98.0 Å². The summed E-state index contributed by atoms with van der Waals surface area (Å²) < 4.78 is 0. The van der Waals surface area contributed by atoms with Crippen LogP contribution in [0.15, 0.2) is 158 Å². The number of hydrogen-bond donors (Lipinski definition) is 0. The second-order valence-corrected chi connectivity index (χ2v) is 10.6. The summed E-state index contributed by atoms with van der Waals surface area (Å²) in [6.07, 6.45) is 1.85. The van der Waals surface area contributed by atoms with Crippen LogP contribution in [0.3, 0.4) is 0 Å². The Kier molecular flexibility index (Phi) is 5.49. The molecule has 192 valence electrons. The van der Waals surface area contributed by atoms with Gasteiger partial charge in [-0.3, -0.25) is 4.98 Å². The summed E-state index contributed by atoms with van der Waals surface area (Å²) in [6, 6.07) is 54.6. The Labute approximate surface area is 238 Å². The molecule has 7 aromatic carbocycles. The molecular formula is C39H26N2. The van der Waals surface area contributed by atoms with E-state index in [1.165, 1.54) is 43.4 Å². The van der Waals surface area contributed by atoms with Crippen LogP contribution in [0, 0.1) is 0 Å². The molecular weight excluding hydrogens is 496 g/mol. The fourth-order valence-corrected chi connectivity index (χ4v) is 5.88. The zero-order valence-corrected chi connectivity index (χ0v) is 22.4. The Morgan fingerprint density at radius 2 is 0.805 bits per heavy atom. The van der Waals surface area contributed by atoms with Gasteiger partial charge in [-0.25, -0.2) is 0 Å². The van der Waals surface area contributed by atoms with Gasteiger partial charge in [0.25, 0.3) is 0 Å². The summed E-state index contributed by atoms with van der Waals surface area (Å²) >= 11 is 0. The van der Waals surface area contributed by atoms with Crippen molar-refractivity contribution in [1.82, 2.24) is 4.98 Å². The number of anilines is 3. The topological polar surface area (TPSA) is 16.1 Å². The van der Waals surface area contributed by atoms with Crippen LogP contribution < -0.4 is 4.90 Å². The van der Waals surface area contributed by atoms with Crippen LogP contribution in [0.1, 0.15) is 0 Å². The molecule has 8 rings (SSSR count). The van der Waals surface area contributed by atoms with Crippen LogP contribution in [0.5, 0.6) is 0 Å². The number of pyridine rings is 1. The lowest BCUT2D eigenvalue weighted by atomic mass is 9.99. The van der Waals surface area contributed by atoms with Crippen molar-refractivity contribution >= 4 is 60.3 Å². The third-order valence-electron chi connectivity index (χ3n) is 8.00. The Bertz CT molecular complexity index is 2150. The van der Waals surface area contributed by atoms with Gasteiger partial charge in [-0.2, -0.15) is 0 Å². The predicted octanol–water partition coefficient (Wildman–Crippen LogP) is 10.8. The summed E-state index contributed by atoms with van der Waals surface area (Å²) in [4.78, 5) is 6.94. The fraction of sp³-hybridized carbons (Fsp3) is 0. The van der Waals surface area contributed by atoms with Crippen molar-refractivity contribution in [3.8, 4) is 11.1 Å². The van der Waals surface area contributed by atoms with Crippen molar-refractivity contribution in [1.29, 1.82) is 0 Å². The summed E-state index contributed by atoms with van der Waals surface area (Å²) in [5.41, 5.74) is 6.76. The van der Waals surface area contributed by atoms with E-state index >= 15 is 0 Å². The van der Waals surface area contributed by atoms with Crippen molar-refractivity contribution in [2.24, 2.45) is 0 Å². The molecule has 0 aliphatic carbocycles. The van der Waals surface area contributed by atoms with Crippen molar-refractivity contribution in [3.05, 3.63) is 158 Å². The molecule has 1 aromatic heterocycles. The lowest BCUT2D eigenvalue weighted by Crippen LogP contribution is -2.10. The van der Waals surface area contributed by atoms with Gasteiger partial charge in [-0.15, -0.1) is 0 Å². The highest BCUT2D eigenvalue weighted by atomic mass is 15.1. The molecule has 8 aromatic rings. The Balaban J connectivity index is 1.29. The molecule has 0 aliphatic heterocycles. The molecule has 0 bridgehead atoms. The Morgan fingerprint density at radius 1 is 0.341 bits per heavy atom. The van der Waals surface area contributed by atoms with E-state index in [2.05, 4.69) is 155 Å². The summed E-state index contributed by atoms with van der Waals surface area (Å²) in [5.74, 6) is 0. The normalized spacial score (nSPS) is 11.4. The Hall–Kier alpha value is -5.47. The number of rotatable bonds is 4. The van der Waals surface area contributed by atoms with Gasteiger partial charge in [0.2, 0.25) is 0 Å². The molecule has 0 atom stereocenters. The quantitative estimate of drug-likeness (QED) is 0.228. The standard InChI is InChI=1S/C39H26N2/c1-3-8-31-23-36(18-15-27(31)6-1)41(37-19-16-28-7-2-4-9-32(28)24-37)38-20-17-29-11-13-33(22-35(29)25-38)34-14-12-30-10-5-21-40-39(30)26-34/h1-26H. The smallest absolute Gasteiger partial charge is 0.0708 e. The number of benzene rings is 7. The van der Waals surface area contributed by atoms with E-state index < -0.39 is 0 Å². The lowest BCUT2D eigenvalue weighted by molar-refractivity contribution is 1.30.